The van der Waals surface area contributed by atoms with E-state index in [9.17, 15) is 0 Å². The molecule has 3 atom stereocenters. The summed E-state index contributed by atoms with van der Waals surface area (Å²) < 4.78 is 5.53. The highest BCUT2D eigenvalue weighted by Crippen LogP contribution is 2.44. The van der Waals surface area contributed by atoms with Crippen molar-refractivity contribution in [2.45, 2.75) is 31.2 Å². The van der Waals surface area contributed by atoms with Crippen LogP contribution in [0.3, 0.4) is 0 Å². The Bertz CT molecular complexity index is 589. The van der Waals surface area contributed by atoms with E-state index in [1.165, 1.54) is 24.9 Å². The van der Waals surface area contributed by atoms with Crippen LogP contribution in [0.25, 0.3) is 0 Å². The fourth-order valence-electron chi connectivity index (χ4n) is 4.90. The molecule has 124 valence electrons. The lowest BCUT2D eigenvalue weighted by Gasteiger charge is -2.41. The molecule has 1 aromatic carbocycles. The molecule has 2 aliphatic carbocycles. The number of fused-ring (bicyclic) bond motifs is 2. The third kappa shape index (κ3) is 2.81. The lowest BCUT2D eigenvalue weighted by atomic mass is 9.81. The summed E-state index contributed by atoms with van der Waals surface area (Å²) in [6.07, 6.45) is 9.74. The van der Waals surface area contributed by atoms with Gasteiger partial charge in [-0.3, -0.25) is 0 Å². The summed E-state index contributed by atoms with van der Waals surface area (Å²) in [4.78, 5) is 2.64. The second-order valence-electron chi connectivity index (χ2n) is 7.70. The molecule has 2 bridgehead atoms. The maximum atomic E-state index is 6.77. The van der Waals surface area contributed by atoms with Gasteiger partial charge in [0.1, 0.15) is 5.75 Å². The van der Waals surface area contributed by atoms with Crippen LogP contribution in [0.2, 0.25) is 0 Å². The maximum Gasteiger partial charge on any atom is 0.123 e. The van der Waals surface area contributed by atoms with Crippen molar-refractivity contribution >= 4 is 0 Å². The van der Waals surface area contributed by atoms with E-state index in [4.69, 9.17) is 10.5 Å². The number of nitrogens with zero attached hydrogens (tertiary/aromatic N) is 1. The molecule has 23 heavy (non-hydrogen) atoms. The average Bonchev–Trinajstić information content (AvgIpc) is 3.20. The first-order valence-electron chi connectivity index (χ1n) is 9.01. The standard InChI is InChI=1S/C20H28N2O/c1-23-19-5-3-2-4-18(19)20(21)8-10-22(11-9-20)14-17-13-15-6-7-16(17)12-15/h2-7,15-17H,8-14,21H2,1H3/t15-,16-,17-/m0/s1. The Hall–Kier alpha value is -1.32. The maximum absolute atomic E-state index is 6.77. The number of benzene rings is 1. The number of para-hydroxylation sites is 1. The van der Waals surface area contributed by atoms with Gasteiger partial charge in [-0.1, -0.05) is 30.4 Å². The van der Waals surface area contributed by atoms with E-state index in [1.54, 1.807) is 7.11 Å². The molecule has 4 rings (SSSR count). The van der Waals surface area contributed by atoms with Gasteiger partial charge in [0.25, 0.3) is 0 Å². The summed E-state index contributed by atoms with van der Waals surface area (Å²) in [5, 5.41) is 0. The van der Waals surface area contributed by atoms with Crippen molar-refractivity contribution in [3.8, 4) is 5.75 Å². The first kappa shape index (κ1) is 15.2. The number of methoxy groups -OCH3 is 1. The molecule has 1 heterocycles. The lowest BCUT2D eigenvalue weighted by molar-refractivity contribution is 0.133. The average molecular weight is 312 g/mol. The highest BCUT2D eigenvalue weighted by Gasteiger charge is 2.39. The van der Waals surface area contributed by atoms with Crippen molar-refractivity contribution in [1.29, 1.82) is 0 Å². The van der Waals surface area contributed by atoms with Crippen molar-refractivity contribution in [1.82, 2.24) is 4.90 Å². The van der Waals surface area contributed by atoms with E-state index in [2.05, 4.69) is 29.2 Å². The number of ether oxygens (including phenoxy) is 1. The fraction of sp³-hybridized carbons (Fsp3) is 0.600. The SMILES string of the molecule is COc1ccccc1C1(N)CCN(C[C@@H]2C[C@H]3C=C[C@H]2C3)CC1. The monoisotopic (exact) mass is 312 g/mol. The molecule has 2 fully saturated rings. The van der Waals surface area contributed by atoms with Gasteiger partial charge >= 0.3 is 0 Å². The van der Waals surface area contributed by atoms with Gasteiger partial charge in [-0.15, -0.1) is 0 Å². The minimum atomic E-state index is -0.238. The molecule has 3 aliphatic rings. The fourth-order valence-corrected chi connectivity index (χ4v) is 4.90. The summed E-state index contributed by atoms with van der Waals surface area (Å²) in [6, 6.07) is 8.25. The molecule has 0 amide bonds. The van der Waals surface area contributed by atoms with Gasteiger partial charge in [0.05, 0.1) is 7.11 Å². The van der Waals surface area contributed by atoms with Crippen LogP contribution in [0, 0.1) is 17.8 Å². The highest BCUT2D eigenvalue weighted by atomic mass is 16.5. The molecule has 2 N–H and O–H groups in total. The first-order chi connectivity index (χ1) is 11.2. The summed E-state index contributed by atoms with van der Waals surface area (Å²) in [5.41, 5.74) is 7.70. The second kappa shape index (κ2) is 5.95. The number of piperidine rings is 1. The molecule has 0 radical (unpaired) electrons. The molecule has 3 heteroatoms. The van der Waals surface area contributed by atoms with Crippen molar-refractivity contribution in [3.63, 3.8) is 0 Å². The lowest BCUT2D eigenvalue weighted by Crippen LogP contribution is -2.49. The van der Waals surface area contributed by atoms with E-state index >= 15 is 0 Å². The minimum Gasteiger partial charge on any atom is -0.496 e. The van der Waals surface area contributed by atoms with Gasteiger partial charge in [0.2, 0.25) is 0 Å². The molecule has 1 aliphatic heterocycles. The predicted octanol–water partition coefficient (Wildman–Crippen LogP) is 3.16. The normalized spacial score (nSPS) is 32.3. The molecule has 0 unspecified atom stereocenters. The Balaban J connectivity index is 1.39. The zero-order chi connectivity index (χ0) is 15.9. The van der Waals surface area contributed by atoms with Crippen LogP contribution < -0.4 is 10.5 Å². The Labute approximate surface area is 139 Å². The number of rotatable bonds is 4. The van der Waals surface area contributed by atoms with Crippen LogP contribution in [0.4, 0.5) is 0 Å². The van der Waals surface area contributed by atoms with Crippen LogP contribution >= 0.6 is 0 Å². The largest absolute Gasteiger partial charge is 0.496 e. The summed E-state index contributed by atoms with van der Waals surface area (Å²) in [6.45, 7) is 3.46. The van der Waals surface area contributed by atoms with Gasteiger partial charge in [-0.25, -0.2) is 0 Å². The smallest absolute Gasteiger partial charge is 0.123 e. The Kier molecular flexibility index (Phi) is 3.94. The van der Waals surface area contributed by atoms with E-state index in [0.717, 1.165) is 49.4 Å². The third-order valence-corrected chi connectivity index (χ3v) is 6.30. The molecule has 1 saturated heterocycles. The number of nitrogens with two attached hydrogens (primary N) is 1. The topological polar surface area (TPSA) is 38.5 Å². The van der Waals surface area contributed by atoms with Gasteiger partial charge in [-0.2, -0.15) is 0 Å². The zero-order valence-corrected chi connectivity index (χ0v) is 14.1. The van der Waals surface area contributed by atoms with Crippen LogP contribution in [0.1, 0.15) is 31.2 Å². The number of allylic oxidation sites excluding steroid dienone is 2. The van der Waals surface area contributed by atoms with E-state index in [-0.39, 0.29) is 5.54 Å². The van der Waals surface area contributed by atoms with E-state index < -0.39 is 0 Å². The minimum absolute atomic E-state index is 0.238. The molecule has 1 saturated carbocycles. The van der Waals surface area contributed by atoms with Crippen molar-refractivity contribution in [2.75, 3.05) is 26.7 Å². The van der Waals surface area contributed by atoms with Crippen LogP contribution in [0.15, 0.2) is 36.4 Å². The van der Waals surface area contributed by atoms with Gasteiger partial charge in [-0.05, 0) is 49.5 Å². The molecule has 1 aromatic rings. The quantitative estimate of drug-likeness (QED) is 0.868. The zero-order valence-electron chi connectivity index (χ0n) is 14.1. The highest BCUT2D eigenvalue weighted by molar-refractivity contribution is 5.39. The Morgan fingerprint density at radius 1 is 1.17 bits per heavy atom. The Morgan fingerprint density at radius 2 is 1.96 bits per heavy atom. The van der Waals surface area contributed by atoms with Crippen LogP contribution in [-0.4, -0.2) is 31.6 Å². The summed E-state index contributed by atoms with van der Waals surface area (Å²) >= 11 is 0. The van der Waals surface area contributed by atoms with Gasteiger partial charge in [0.15, 0.2) is 0 Å². The van der Waals surface area contributed by atoms with Crippen LogP contribution in [-0.2, 0) is 5.54 Å². The van der Waals surface area contributed by atoms with E-state index in [0.29, 0.717) is 0 Å². The Morgan fingerprint density at radius 3 is 2.61 bits per heavy atom. The van der Waals surface area contributed by atoms with Gasteiger partial charge < -0.3 is 15.4 Å². The molecular formula is C20H28N2O. The number of likely N-dealkylation sites (tertiary alicyclic amines) is 1. The van der Waals surface area contributed by atoms with Crippen molar-refractivity contribution in [3.05, 3.63) is 42.0 Å². The molecular weight excluding hydrogens is 284 g/mol. The van der Waals surface area contributed by atoms with Gasteiger partial charge in [0, 0.05) is 30.7 Å². The first-order valence-corrected chi connectivity index (χ1v) is 9.01. The van der Waals surface area contributed by atoms with Crippen LogP contribution in [0.5, 0.6) is 5.75 Å². The second-order valence-corrected chi connectivity index (χ2v) is 7.70. The third-order valence-electron chi connectivity index (χ3n) is 6.30. The predicted molar refractivity (Wildman–Crippen MR) is 93.4 cm³/mol. The molecule has 0 aromatic heterocycles. The molecule has 0 spiro atoms. The molecule has 3 nitrogen and oxygen atoms in total. The summed E-state index contributed by atoms with van der Waals surface area (Å²) in [5.74, 6) is 3.53. The van der Waals surface area contributed by atoms with E-state index in [1.807, 2.05) is 12.1 Å². The van der Waals surface area contributed by atoms with Crippen molar-refractivity contribution < 1.29 is 4.74 Å². The number of hydrogen-bond acceptors (Lipinski definition) is 3. The number of hydrogen-bond donors (Lipinski definition) is 1. The van der Waals surface area contributed by atoms with Crippen molar-refractivity contribution in [2.24, 2.45) is 23.5 Å². The summed E-state index contributed by atoms with van der Waals surface area (Å²) in [7, 11) is 1.74.